The summed E-state index contributed by atoms with van der Waals surface area (Å²) in [6.45, 7) is 0. The molecule has 0 radical (unpaired) electrons. The zero-order chi connectivity index (χ0) is 13.5. The van der Waals surface area contributed by atoms with E-state index in [1.807, 2.05) is 18.2 Å². The number of hydrogen-bond acceptors (Lipinski definition) is 5. The molecule has 1 aromatic carbocycles. The van der Waals surface area contributed by atoms with Gasteiger partial charge in [-0.05, 0) is 24.4 Å². The van der Waals surface area contributed by atoms with Gasteiger partial charge in [-0.1, -0.05) is 0 Å². The molecule has 0 aliphatic rings. The Morgan fingerprint density at radius 3 is 2.83 bits per heavy atom. The summed E-state index contributed by atoms with van der Waals surface area (Å²) in [7, 11) is 1.65. The lowest BCUT2D eigenvalue weighted by molar-refractivity contribution is -0.136. The molecule has 18 heavy (non-hydrogen) atoms. The van der Waals surface area contributed by atoms with Crippen LogP contribution >= 0.6 is 36.2 Å². The second-order valence-corrected chi connectivity index (χ2v) is 5.41. The molecule has 0 aliphatic heterocycles. The van der Waals surface area contributed by atoms with E-state index in [2.05, 4.69) is 17.6 Å². The number of carboxylic acids is 1. The lowest BCUT2D eigenvalue weighted by Gasteiger charge is -1.96. The largest absolute Gasteiger partial charge is 0.497 e. The molecule has 0 bridgehead atoms. The van der Waals surface area contributed by atoms with Gasteiger partial charge in [0.15, 0.2) is 3.95 Å². The number of methoxy groups -OCH3 is 1. The van der Waals surface area contributed by atoms with Crippen LogP contribution in [-0.2, 0) is 4.79 Å². The van der Waals surface area contributed by atoms with Gasteiger partial charge in [-0.3, -0.25) is 4.79 Å². The Morgan fingerprint density at radius 2 is 2.33 bits per heavy atom. The zero-order valence-electron chi connectivity index (χ0n) is 9.67. The molecule has 2 rings (SSSR count). The zero-order valence-corrected chi connectivity index (χ0v) is 12.2. The van der Waals surface area contributed by atoms with Gasteiger partial charge in [-0.15, -0.1) is 11.3 Å². The SMILES string of the molecule is COc1ccc2sc(=S)[nH]c2c1.O=C(O)CCS. The number of fused-ring (bicyclic) bond motifs is 1. The molecule has 1 aromatic heterocycles. The van der Waals surface area contributed by atoms with E-state index < -0.39 is 5.97 Å². The summed E-state index contributed by atoms with van der Waals surface area (Å²) in [5.41, 5.74) is 1.05. The van der Waals surface area contributed by atoms with Crippen LogP contribution in [0.3, 0.4) is 0 Å². The molecule has 98 valence electrons. The summed E-state index contributed by atoms with van der Waals surface area (Å²) in [6.07, 6.45) is 0.156. The van der Waals surface area contributed by atoms with Crippen LogP contribution in [0.15, 0.2) is 18.2 Å². The maximum absolute atomic E-state index is 9.55. The highest BCUT2D eigenvalue weighted by molar-refractivity contribution is 7.80. The second-order valence-electron chi connectivity index (χ2n) is 3.24. The minimum atomic E-state index is -0.787. The van der Waals surface area contributed by atoms with Crippen LogP contribution in [0.5, 0.6) is 5.75 Å². The summed E-state index contributed by atoms with van der Waals surface area (Å²) in [5, 5.41) is 7.86. The molecule has 0 unspecified atom stereocenters. The first-order valence-electron chi connectivity index (χ1n) is 5.06. The fourth-order valence-corrected chi connectivity index (χ4v) is 2.44. The molecule has 0 aliphatic carbocycles. The van der Waals surface area contributed by atoms with Gasteiger partial charge in [-0.2, -0.15) is 12.6 Å². The van der Waals surface area contributed by atoms with Crippen LogP contribution in [0.4, 0.5) is 0 Å². The lowest BCUT2D eigenvalue weighted by atomic mass is 10.3. The van der Waals surface area contributed by atoms with Crippen molar-refractivity contribution in [1.29, 1.82) is 0 Å². The smallest absolute Gasteiger partial charge is 0.304 e. The first-order valence-corrected chi connectivity index (χ1v) is 6.92. The summed E-state index contributed by atoms with van der Waals surface area (Å²) in [6, 6.07) is 5.88. The maximum Gasteiger partial charge on any atom is 0.304 e. The molecule has 0 spiro atoms. The molecule has 2 aromatic rings. The predicted molar refractivity (Wildman–Crippen MR) is 79.7 cm³/mol. The molecular weight excluding hydrogens is 290 g/mol. The van der Waals surface area contributed by atoms with Crippen LogP contribution in [0.1, 0.15) is 6.42 Å². The van der Waals surface area contributed by atoms with Gasteiger partial charge >= 0.3 is 5.97 Å². The highest BCUT2D eigenvalue weighted by Crippen LogP contribution is 2.23. The van der Waals surface area contributed by atoms with E-state index in [1.165, 1.54) is 4.70 Å². The van der Waals surface area contributed by atoms with E-state index in [0.717, 1.165) is 15.2 Å². The van der Waals surface area contributed by atoms with Gasteiger partial charge in [0.2, 0.25) is 0 Å². The van der Waals surface area contributed by atoms with Crippen molar-refractivity contribution in [3.63, 3.8) is 0 Å². The lowest BCUT2D eigenvalue weighted by Crippen LogP contribution is -1.93. The Labute approximate surface area is 119 Å². The maximum atomic E-state index is 9.55. The Balaban J connectivity index is 0.000000232. The number of carboxylic acid groups (broad SMARTS) is 1. The van der Waals surface area contributed by atoms with Crippen molar-refractivity contribution >= 4 is 52.4 Å². The van der Waals surface area contributed by atoms with Gasteiger partial charge in [0.25, 0.3) is 0 Å². The molecule has 0 saturated carbocycles. The van der Waals surface area contributed by atoms with Crippen LogP contribution in [-0.4, -0.2) is 28.9 Å². The summed E-state index contributed by atoms with van der Waals surface area (Å²) in [4.78, 5) is 12.6. The number of rotatable bonds is 3. The number of thiol groups is 1. The van der Waals surface area contributed by atoms with E-state index in [9.17, 15) is 4.79 Å². The van der Waals surface area contributed by atoms with Crippen molar-refractivity contribution in [2.24, 2.45) is 0 Å². The third kappa shape index (κ3) is 4.67. The molecule has 0 amide bonds. The van der Waals surface area contributed by atoms with Crippen molar-refractivity contribution in [3.8, 4) is 5.75 Å². The first-order chi connectivity index (χ1) is 8.56. The standard InChI is InChI=1S/C8H7NOS2.C3H6O2S/c1-10-5-2-3-7-6(4-5)9-8(11)12-7;4-3(5)1-2-6/h2-4H,1H3,(H,9,11);6H,1-2H2,(H,4,5). The van der Waals surface area contributed by atoms with E-state index >= 15 is 0 Å². The van der Waals surface area contributed by atoms with Crippen LogP contribution in [0, 0.1) is 3.95 Å². The molecule has 0 atom stereocenters. The summed E-state index contributed by atoms with van der Waals surface area (Å²) < 4.78 is 7.05. The van der Waals surface area contributed by atoms with Crippen molar-refractivity contribution in [1.82, 2.24) is 4.98 Å². The highest BCUT2D eigenvalue weighted by atomic mass is 32.1. The van der Waals surface area contributed by atoms with Gasteiger partial charge in [0.05, 0.1) is 23.7 Å². The van der Waals surface area contributed by atoms with Crippen LogP contribution < -0.4 is 4.74 Å². The summed E-state index contributed by atoms with van der Waals surface area (Å²) >= 11 is 10.3. The van der Waals surface area contributed by atoms with E-state index in [0.29, 0.717) is 5.75 Å². The van der Waals surface area contributed by atoms with Crippen molar-refractivity contribution in [2.75, 3.05) is 12.9 Å². The molecule has 7 heteroatoms. The number of nitrogens with one attached hydrogen (secondary N) is 1. The average Bonchev–Trinajstić information content (AvgIpc) is 2.68. The monoisotopic (exact) mass is 303 g/mol. The van der Waals surface area contributed by atoms with Crippen molar-refractivity contribution < 1.29 is 14.6 Å². The van der Waals surface area contributed by atoms with Gasteiger partial charge in [0, 0.05) is 11.8 Å². The number of ether oxygens (including phenoxy) is 1. The topological polar surface area (TPSA) is 62.3 Å². The van der Waals surface area contributed by atoms with Gasteiger partial charge < -0.3 is 14.8 Å². The normalized spacial score (nSPS) is 9.67. The Morgan fingerprint density at radius 1 is 1.61 bits per heavy atom. The van der Waals surface area contributed by atoms with Gasteiger partial charge in [0.1, 0.15) is 5.75 Å². The predicted octanol–water partition coefficient (Wildman–Crippen LogP) is 3.36. The number of aromatic amines is 1. The Kier molecular flexibility index (Phi) is 6.17. The number of benzene rings is 1. The number of hydrogen-bond donors (Lipinski definition) is 3. The number of aliphatic carboxylic acids is 1. The molecule has 2 N–H and O–H groups in total. The van der Waals surface area contributed by atoms with Crippen molar-refractivity contribution in [3.05, 3.63) is 22.2 Å². The number of thiazole rings is 1. The Hall–Kier alpha value is -1.05. The Bertz CT molecular complexity index is 576. The highest BCUT2D eigenvalue weighted by Gasteiger charge is 1.97. The van der Waals surface area contributed by atoms with E-state index in [1.54, 1.807) is 18.4 Å². The molecule has 4 nitrogen and oxygen atoms in total. The minimum absolute atomic E-state index is 0.156. The summed E-state index contributed by atoms with van der Waals surface area (Å²) in [5.74, 6) is 0.492. The third-order valence-corrected chi connectivity index (χ3v) is 3.39. The van der Waals surface area contributed by atoms with Crippen LogP contribution in [0.25, 0.3) is 10.2 Å². The van der Waals surface area contributed by atoms with E-state index in [-0.39, 0.29) is 6.42 Å². The second kappa shape index (κ2) is 7.40. The molecule has 0 fully saturated rings. The molecule has 1 heterocycles. The number of carbonyl (C=O) groups is 1. The van der Waals surface area contributed by atoms with Crippen LogP contribution in [0.2, 0.25) is 0 Å². The average molecular weight is 303 g/mol. The fraction of sp³-hybridized carbons (Fsp3) is 0.273. The number of H-pyrrole nitrogens is 1. The number of aromatic nitrogens is 1. The third-order valence-electron chi connectivity index (χ3n) is 1.95. The van der Waals surface area contributed by atoms with Gasteiger partial charge in [-0.25, -0.2) is 0 Å². The first kappa shape index (κ1) is 15.0. The molecular formula is C11H13NO3S3. The van der Waals surface area contributed by atoms with E-state index in [4.69, 9.17) is 22.1 Å². The molecule has 0 saturated heterocycles. The fourth-order valence-electron chi connectivity index (χ4n) is 1.15. The minimum Gasteiger partial charge on any atom is -0.497 e. The van der Waals surface area contributed by atoms with Crippen molar-refractivity contribution in [2.45, 2.75) is 6.42 Å². The quantitative estimate of drug-likeness (QED) is 0.601.